The van der Waals surface area contributed by atoms with E-state index in [9.17, 15) is 4.79 Å². The van der Waals surface area contributed by atoms with Crippen LogP contribution in [0.1, 0.15) is 20.8 Å². The van der Waals surface area contributed by atoms with Gasteiger partial charge in [0.05, 0.1) is 28.6 Å². The third kappa shape index (κ3) is 2.27. The molecule has 1 aromatic heterocycles. The Bertz CT molecular complexity index is 701. The van der Waals surface area contributed by atoms with Crippen LogP contribution in [0.25, 0.3) is 11.1 Å². The Labute approximate surface area is 116 Å². The second kappa shape index (κ2) is 4.28. The van der Waals surface area contributed by atoms with Crippen LogP contribution in [-0.4, -0.2) is 29.8 Å². The summed E-state index contributed by atoms with van der Waals surface area (Å²) in [5.41, 5.74) is 8.52. The second-order valence-corrected chi connectivity index (χ2v) is 5.99. The minimum atomic E-state index is -0.466. The summed E-state index contributed by atoms with van der Waals surface area (Å²) in [6.07, 6.45) is 0.122. The van der Waals surface area contributed by atoms with Gasteiger partial charge in [-0.2, -0.15) is 0 Å². The zero-order chi connectivity index (χ0) is 14.5. The van der Waals surface area contributed by atoms with Crippen LogP contribution in [0.5, 0.6) is 0 Å². The lowest BCUT2D eigenvalue weighted by Gasteiger charge is -2.43. The van der Waals surface area contributed by atoms with E-state index in [1.54, 1.807) is 6.07 Å². The van der Waals surface area contributed by atoms with Crippen LogP contribution in [0.15, 0.2) is 21.3 Å². The highest BCUT2D eigenvalue weighted by Crippen LogP contribution is 2.32. The lowest BCUT2D eigenvalue weighted by molar-refractivity contribution is -0.0749. The molecule has 2 aromatic rings. The smallest absolute Gasteiger partial charge is 0.408 e. The summed E-state index contributed by atoms with van der Waals surface area (Å²) in [5.74, 6) is -0.466. The number of fused-ring (bicyclic) bond motifs is 1. The average Bonchev–Trinajstić information content (AvgIpc) is 2.64. The minimum Gasteiger partial charge on any atom is -0.408 e. The van der Waals surface area contributed by atoms with Crippen molar-refractivity contribution in [2.45, 2.75) is 32.5 Å². The molecule has 0 amide bonds. The van der Waals surface area contributed by atoms with Gasteiger partial charge in [-0.25, -0.2) is 4.79 Å². The van der Waals surface area contributed by atoms with Gasteiger partial charge in [0, 0.05) is 19.2 Å². The van der Waals surface area contributed by atoms with Gasteiger partial charge >= 0.3 is 5.76 Å². The fraction of sp³-hybridized carbons (Fsp3) is 0.500. The maximum absolute atomic E-state index is 11.2. The first kappa shape index (κ1) is 13.1. The standard InChI is InChI=1S/C14H19N3O3/c1-8-6-17(7-14(2,3)20-8)11-5-10-12(4-9(11)15)19-13(18)16-10/h4-5,8H,6-7,15H2,1-3H3,(H,16,18). The highest BCUT2D eigenvalue weighted by molar-refractivity contribution is 5.85. The third-order valence-corrected chi connectivity index (χ3v) is 3.48. The van der Waals surface area contributed by atoms with Gasteiger partial charge in [-0.3, -0.25) is 4.98 Å². The monoisotopic (exact) mass is 277 g/mol. The Hall–Kier alpha value is -1.95. The van der Waals surface area contributed by atoms with Gasteiger partial charge in [0.2, 0.25) is 0 Å². The van der Waals surface area contributed by atoms with Crippen molar-refractivity contribution >= 4 is 22.5 Å². The van der Waals surface area contributed by atoms with Crippen molar-refractivity contribution in [3.8, 4) is 0 Å². The SMILES string of the molecule is CC1CN(c2cc3[nH]c(=O)oc3cc2N)CC(C)(C)O1. The van der Waals surface area contributed by atoms with E-state index in [2.05, 4.69) is 23.7 Å². The average molecular weight is 277 g/mol. The molecule has 6 heteroatoms. The Balaban J connectivity index is 2.04. The third-order valence-electron chi connectivity index (χ3n) is 3.48. The molecule has 3 rings (SSSR count). The number of ether oxygens (including phenoxy) is 1. The molecular formula is C14H19N3O3. The molecule has 20 heavy (non-hydrogen) atoms. The van der Waals surface area contributed by atoms with Crippen molar-refractivity contribution in [3.63, 3.8) is 0 Å². The van der Waals surface area contributed by atoms with Crippen molar-refractivity contribution in [1.82, 2.24) is 4.98 Å². The molecule has 0 saturated carbocycles. The molecule has 1 aromatic carbocycles. The molecule has 0 spiro atoms. The fourth-order valence-corrected chi connectivity index (χ4v) is 2.91. The maximum Gasteiger partial charge on any atom is 0.417 e. The Morgan fingerprint density at radius 3 is 2.90 bits per heavy atom. The van der Waals surface area contributed by atoms with E-state index in [-0.39, 0.29) is 11.7 Å². The number of anilines is 2. The Morgan fingerprint density at radius 2 is 2.20 bits per heavy atom. The summed E-state index contributed by atoms with van der Waals surface area (Å²) in [5, 5.41) is 0. The number of oxazole rings is 1. The van der Waals surface area contributed by atoms with E-state index in [0.29, 0.717) is 16.8 Å². The second-order valence-electron chi connectivity index (χ2n) is 5.99. The van der Waals surface area contributed by atoms with E-state index < -0.39 is 5.76 Å². The zero-order valence-corrected chi connectivity index (χ0v) is 11.9. The normalized spacial score (nSPS) is 22.4. The number of nitrogens with zero attached hydrogens (tertiary/aromatic N) is 1. The van der Waals surface area contributed by atoms with Crippen LogP contribution in [0.4, 0.5) is 11.4 Å². The van der Waals surface area contributed by atoms with E-state index in [1.807, 2.05) is 13.0 Å². The zero-order valence-electron chi connectivity index (χ0n) is 11.9. The molecule has 1 aliphatic heterocycles. The predicted molar refractivity (Wildman–Crippen MR) is 78.1 cm³/mol. The van der Waals surface area contributed by atoms with Crippen LogP contribution >= 0.6 is 0 Å². The highest BCUT2D eigenvalue weighted by Gasteiger charge is 2.32. The number of morpholine rings is 1. The number of H-pyrrole nitrogens is 1. The lowest BCUT2D eigenvalue weighted by Crippen LogP contribution is -2.52. The van der Waals surface area contributed by atoms with Crippen LogP contribution in [-0.2, 0) is 4.74 Å². The van der Waals surface area contributed by atoms with Crippen molar-refractivity contribution in [3.05, 3.63) is 22.7 Å². The Kier molecular flexibility index (Phi) is 2.79. The Morgan fingerprint density at radius 1 is 1.45 bits per heavy atom. The first-order valence-corrected chi connectivity index (χ1v) is 6.69. The number of hydrogen-bond acceptors (Lipinski definition) is 5. The molecule has 0 aliphatic carbocycles. The molecule has 6 nitrogen and oxygen atoms in total. The van der Waals surface area contributed by atoms with Gasteiger partial charge < -0.3 is 19.8 Å². The number of aromatic amines is 1. The topological polar surface area (TPSA) is 84.5 Å². The summed E-state index contributed by atoms with van der Waals surface area (Å²) >= 11 is 0. The molecule has 1 atom stereocenters. The van der Waals surface area contributed by atoms with Crippen molar-refractivity contribution in [1.29, 1.82) is 0 Å². The molecular weight excluding hydrogens is 258 g/mol. The molecule has 0 bridgehead atoms. The van der Waals surface area contributed by atoms with Gasteiger partial charge in [0.25, 0.3) is 0 Å². The highest BCUT2D eigenvalue weighted by atomic mass is 16.5. The summed E-state index contributed by atoms with van der Waals surface area (Å²) in [4.78, 5) is 16.1. The molecule has 1 saturated heterocycles. The van der Waals surface area contributed by atoms with Crippen molar-refractivity contribution < 1.29 is 9.15 Å². The lowest BCUT2D eigenvalue weighted by atomic mass is 10.0. The number of benzene rings is 1. The van der Waals surface area contributed by atoms with Gasteiger partial charge in [-0.05, 0) is 26.8 Å². The molecule has 0 radical (unpaired) electrons. The van der Waals surface area contributed by atoms with Gasteiger partial charge in [-0.1, -0.05) is 0 Å². The summed E-state index contributed by atoms with van der Waals surface area (Å²) < 4.78 is 10.9. The van der Waals surface area contributed by atoms with Gasteiger partial charge in [0.15, 0.2) is 5.58 Å². The van der Waals surface area contributed by atoms with Crippen molar-refractivity contribution in [2.24, 2.45) is 0 Å². The first-order chi connectivity index (χ1) is 9.34. The van der Waals surface area contributed by atoms with E-state index in [4.69, 9.17) is 14.9 Å². The number of nitrogens with two attached hydrogens (primary N) is 1. The van der Waals surface area contributed by atoms with Gasteiger partial charge in [-0.15, -0.1) is 0 Å². The van der Waals surface area contributed by atoms with E-state index >= 15 is 0 Å². The summed E-state index contributed by atoms with van der Waals surface area (Å²) in [7, 11) is 0. The largest absolute Gasteiger partial charge is 0.417 e. The van der Waals surface area contributed by atoms with Crippen LogP contribution in [0.2, 0.25) is 0 Å². The molecule has 1 fully saturated rings. The quantitative estimate of drug-likeness (QED) is 0.775. The number of hydrogen-bond donors (Lipinski definition) is 2. The molecule has 3 N–H and O–H groups in total. The minimum absolute atomic E-state index is 0.122. The number of nitrogen functional groups attached to an aromatic ring is 1. The molecule has 108 valence electrons. The molecule has 1 unspecified atom stereocenters. The maximum atomic E-state index is 11.2. The van der Waals surface area contributed by atoms with E-state index in [0.717, 1.165) is 18.8 Å². The van der Waals surface area contributed by atoms with Crippen molar-refractivity contribution in [2.75, 3.05) is 23.7 Å². The van der Waals surface area contributed by atoms with Crippen LogP contribution in [0, 0.1) is 0 Å². The number of rotatable bonds is 1. The molecule has 2 heterocycles. The van der Waals surface area contributed by atoms with Gasteiger partial charge in [0.1, 0.15) is 0 Å². The number of aromatic nitrogens is 1. The summed E-state index contributed by atoms with van der Waals surface area (Å²) in [6, 6.07) is 3.55. The fourth-order valence-electron chi connectivity index (χ4n) is 2.91. The van der Waals surface area contributed by atoms with Crippen LogP contribution in [0.3, 0.4) is 0 Å². The number of nitrogens with one attached hydrogen (secondary N) is 1. The molecule has 1 aliphatic rings. The van der Waals surface area contributed by atoms with E-state index in [1.165, 1.54) is 0 Å². The predicted octanol–water partition coefficient (Wildman–Crippen LogP) is 1.71. The first-order valence-electron chi connectivity index (χ1n) is 6.69. The summed E-state index contributed by atoms with van der Waals surface area (Å²) in [6.45, 7) is 7.67. The van der Waals surface area contributed by atoms with Crippen LogP contribution < -0.4 is 16.4 Å².